The minimum absolute atomic E-state index is 0.388. The molecule has 0 saturated carbocycles. The lowest BCUT2D eigenvalue weighted by Gasteiger charge is -2.20. The molecule has 6 nitrogen and oxygen atoms in total. The summed E-state index contributed by atoms with van der Waals surface area (Å²) in [6, 6.07) is 5.12. The number of amides is 2. The molecule has 6 heteroatoms. The smallest absolute Gasteiger partial charge is 0.267 e. The van der Waals surface area contributed by atoms with Crippen LogP contribution in [0.3, 0.4) is 0 Å². The fourth-order valence-corrected chi connectivity index (χ4v) is 1.96. The average Bonchev–Trinajstić information content (AvgIpc) is 2.64. The Balaban J connectivity index is 0.00000301. The highest BCUT2D eigenvalue weighted by Gasteiger charge is 2.24. The maximum Gasteiger partial charge on any atom is 0.267 e. The van der Waals surface area contributed by atoms with Gasteiger partial charge in [-0.2, -0.15) is 0 Å². The molecule has 26 heavy (non-hydrogen) atoms. The largest absolute Gasteiger partial charge is 0.339 e. The number of benzene rings is 1. The first kappa shape index (κ1) is 23.4. The van der Waals surface area contributed by atoms with E-state index in [-0.39, 0.29) is 0 Å². The van der Waals surface area contributed by atoms with E-state index in [0.29, 0.717) is 11.5 Å². The number of hydrogen-bond acceptors (Lipinski definition) is 4. The first-order chi connectivity index (χ1) is 12.3. The number of rotatable bonds is 6. The number of hydroxylamine groups is 1. The summed E-state index contributed by atoms with van der Waals surface area (Å²) in [4.78, 5) is 23.7. The third-order valence-corrected chi connectivity index (χ3v) is 3.43. The molecule has 2 amide bonds. The van der Waals surface area contributed by atoms with Gasteiger partial charge in [0.2, 0.25) is 0 Å². The molecule has 0 spiro atoms. The molecule has 142 valence electrons. The second-order valence-electron chi connectivity index (χ2n) is 6.10. The van der Waals surface area contributed by atoms with Gasteiger partial charge < -0.3 is 11.1 Å². The van der Waals surface area contributed by atoms with Gasteiger partial charge in [0.15, 0.2) is 0 Å². The molecule has 0 aliphatic rings. The minimum Gasteiger partial charge on any atom is -0.339 e. The van der Waals surface area contributed by atoms with Crippen LogP contribution < -0.4 is 16.5 Å². The number of hydrogen-bond donors (Lipinski definition) is 4. The summed E-state index contributed by atoms with van der Waals surface area (Å²) in [5, 5.41) is 11.2. The van der Waals surface area contributed by atoms with Gasteiger partial charge in [0, 0.05) is 23.6 Å². The summed E-state index contributed by atoms with van der Waals surface area (Å²) in [7, 11) is 0. The van der Waals surface area contributed by atoms with Crippen molar-refractivity contribution < 1.29 is 14.8 Å². The lowest BCUT2D eigenvalue weighted by atomic mass is 10.1. The molecule has 0 radical (unpaired) electrons. The molecule has 0 aliphatic carbocycles. The summed E-state index contributed by atoms with van der Waals surface area (Å²) in [6.07, 6.45) is 1.89. The number of carbonyl (C=O) groups is 2. The van der Waals surface area contributed by atoms with Gasteiger partial charge in [-0.3, -0.25) is 14.8 Å². The molecule has 1 rings (SSSR count). The Labute approximate surface area is 155 Å². The van der Waals surface area contributed by atoms with E-state index in [1.165, 1.54) is 5.48 Å². The van der Waals surface area contributed by atoms with E-state index in [1.54, 1.807) is 31.2 Å². The summed E-state index contributed by atoms with van der Waals surface area (Å²) >= 11 is 0. The molecule has 0 fully saturated rings. The van der Waals surface area contributed by atoms with Crippen molar-refractivity contribution in [3.8, 4) is 11.8 Å². The van der Waals surface area contributed by atoms with Gasteiger partial charge in [-0.1, -0.05) is 25.7 Å². The molecular weight excluding hydrogens is 330 g/mol. The lowest BCUT2D eigenvalue weighted by molar-refractivity contribution is -0.131. The predicted octanol–water partition coefficient (Wildman–Crippen LogP) is 2.23. The maximum atomic E-state index is 12.2. The summed E-state index contributed by atoms with van der Waals surface area (Å²) in [6.45, 7) is 11.9. The van der Waals surface area contributed by atoms with E-state index < -0.39 is 23.9 Å². The van der Waals surface area contributed by atoms with Crippen molar-refractivity contribution in [2.75, 3.05) is 0 Å². The van der Waals surface area contributed by atoms with E-state index in [9.17, 15) is 9.59 Å². The molecule has 5 N–H and O–H groups in total. The summed E-state index contributed by atoms with van der Waals surface area (Å²) in [5.74, 6) is 5.58. The van der Waals surface area contributed by atoms with Crippen molar-refractivity contribution in [3.05, 3.63) is 48.6 Å². The highest BCUT2D eigenvalue weighted by atomic mass is 16.5. The number of carbonyl (C=O) groups excluding carboxylic acids is 2. The van der Waals surface area contributed by atoms with E-state index in [0.717, 1.165) is 18.4 Å². The van der Waals surface area contributed by atoms with Gasteiger partial charge >= 0.3 is 0 Å². The minimum atomic E-state index is -1.02. The van der Waals surface area contributed by atoms with Crippen LogP contribution in [0, 0.1) is 17.8 Å². The molecule has 2 atom stereocenters. The third kappa shape index (κ3) is 8.47. The molecule has 0 saturated heterocycles. The van der Waals surface area contributed by atoms with Crippen molar-refractivity contribution in [2.24, 2.45) is 11.7 Å². The summed E-state index contributed by atoms with van der Waals surface area (Å²) < 4.78 is 0. The number of nitrogens with two attached hydrogens (primary N) is 1. The predicted molar refractivity (Wildman–Crippen MR) is 103 cm³/mol. The van der Waals surface area contributed by atoms with Gasteiger partial charge in [-0.15, -0.1) is 13.2 Å². The molecule has 0 aromatic heterocycles. The fourth-order valence-electron chi connectivity index (χ4n) is 1.96. The zero-order valence-electron chi connectivity index (χ0n) is 15.7. The van der Waals surface area contributed by atoms with Crippen LogP contribution in [0.4, 0.5) is 0 Å². The Hall–Kier alpha value is -2.62. The Morgan fingerprint density at radius 1 is 1.19 bits per heavy atom. The van der Waals surface area contributed by atoms with Crippen LogP contribution in [0.2, 0.25) is 0 Å². The lowest BCUT2D eigenvalue weighted by Crippen LogP contribution is -2.54. The Morgan fingerprint density at radius 3 is 2.23 bits per heavy atom. The van der Waals surface area contributed by atoms with Crippen molar-refractivity contribution in [1.82, 2.24) is 10.8 Å². The van der Waals surface area contributed by atoms with Gasteiger partial charge in [0.1, 0.15) is 6.04 Å². The average molecular weight is 359 g/mol. The number of nitrogens with one attached hydrogen (secondary N) is 2. The van der Waals surface area contributed by atoms with Crippen LogP contribution in [0.15, 0.2) is 37.4 Å². The molecule has 1 aromatic rings. The maximum absolute atomic E-state index is 12.2. The monoisotopic (exact) mass is 359 g/mol. The summed E-state index contributed by atoms with van der Waals surface area (Å²) in [5.41, 5.74) is 8.36. The van der Waals surface area contributed by atoms with Crippen LogP contribution in [0.25, 0.3) is 0 Å². The Morgan fingerprint density at radius 2 is 1.77 bits per heavy atom. The molecule has 0 unspecified atom stereocenters. The second-order valence-corrected chi connectivity index (χ2v) is 6.10. The third-order valence-electron chi connectivity index (χ3n) is 3.43. The first-order valence-electron chi connectivity index (χ1n) is 8.44. The van der Waals surface area contributed by atoms with Crippen molar-refractivity contribution in [3.63, 3.8) is 0 Å². The topological polar surface area (TPSA) is 104 Å². The standard InChI is InChI=1S/C18H25N3O3.C2H4/c1-12(2)6-4-5-7-14-8-10-15(11-9-14)17(22)20-16(13(3)19)18(23)21-24;1-2/h8-13,16,24H,4,6,19H2,1-3H3,(H,20,22)(H,21,23);1-2H2/t13-,16+;/m1./s1. The SMILES string of the molecule is C=C.CC(C)CCC#Cc1ccc(C(=O)N[C@H](C(=O)NO)[C@@H](C)N)cc1. The van der Waals surface area contributed by atoms with Crippen molar-refractivity contribution >= 4 is 11.8 Å². The Kier molecular flexibility index (Phi) is 11.4. The van der Waals surface area contributed by atoms with Gasteiger partial charge in [0.25, 0.3) is 11.8 Å². The van der Waals surface area contributed by atoms with Gasteiger partial charge in [-0.05, 0) is 43.5 Å². The van der Waals surface area contributed by atoms with Crippen molar-refractivity contribution in [2.45, 2.75) is 45.7 Å². The van der Waals surface area contributed by atoms with Gasteiger partial charge in [0.05, 0.1) is 0 Å². The van der Waals surface area contributed by atoms with E-state index in [4.69, 9.17) is 10.9 Å². The zero-order valence-corrected chi connectivity index (χ0v) is 15.7. The highest BCUT2D eigenvalue weighted by molar-refractivity contribution is 5.97. The van der Waals surface area contributed by atoms with E-state index in [1.807, 2.05) is 0 Å². The first-order valence-corrected chi connectivity index (χ1v) is 8.44. The molecule has 1 aromatic carbocycles. The van der Waals surface area contributed by atoms with E-state index >= 15 is 0 Å². The van der Waals surface area contributed by atoms with Gasteiger partial charge in [-0.25, -0.2) is 5.48 Å². The normalized spacial score (nSPS) is 11.9. The molecule has 0 aliphatic heterocycles. The van der Waals surface area contributed by atoms with Crippen LogP contribution in [-0.4, -0.2) is 29.1 Å². The second kappa shape index (κ2) is 12.7. The van der Waals surface area contributed by atoms with Crippen LogP contribution in [-0.2, 0) is 4.79 Å². The van der Waals surface area contributed by atoms with Crippen LogP contribution in [0.5, 0.6) is 0 Å². The highest BCUT2D eigenvalue weighted by Crippen LogP contribution is 2.06. The molecule has 0 heterocycles. The Bertz CT molecular complexity index is 628. The van der Waals surface area contributed by atoms with Crippen molar-refractivity contribution in [1.29, 1.82) is 0 Å². The zero-order chi connectivity index (χ0) is 20.1. The van der Waals surface area contributed by atoms with Crippen LogP contribution in [0.1, 0.15) is 49.5 Å². The fraction of sp³-hybridized carbons (Fsp3) is 0.400. The quantitative estimate of drug-likeness (QED) is 0.270. The van der Waals surface area contributed by atoms with E-state index in [2.05, 4.69) is 44.2 Å². The molecular formula is C20H29N3O3. The van der Waals surface area contributed by atoms with Crippen LogP contribution >= 0.6 is 0 Å². The molecule has 0 bridgehead atoms.